The quantitative estimate of drug-likeness (QED) is 0.860. The predicted molar refractivity (Wildman–Crippen MR) is 93.8 cm³/mol. The average Bonchev–Trinajstić information content (AvgIpc) is 2.46. The third-order valence-corrected chi connectivity index (χ3v) is 5.81. The van der Waals surface area contributed by atoms with Crippen LogP contribution in [0, 0.1) is 5.41 Å². The summed E-state index contributed by atoms with van der Waals surface area (Å²) in [5.74, 6) is 0.239. The monoisotopic (exact) mass is 325 g/mol. The zero-order valence-corrected chi connectivity index (χ0v) is 13.9. The lowest BCUT2D eigenvalue weighted by Crippen LogP contribution is -2.75. The molecule has 1 aromatic carbocycles. The molecule has 5 rings (SSSR count). The number of aromatic nitrogens is 2. The van der Waals surface area contributed by atoms with Gasteiger partial charge in [0.15, 0.2) is 0 Å². The molecule has 2 aromatic rings. The van der Waals surface area contributed by atoms with E-state index in [2.05, 4.69) is 29.1 Å². The van der Waals surface area contributed by atoms with E-state index in [1.54, 1.807) is 12.3 Å². The Morgan fingerprint density at radius 2 is 1.88 bits per heavy atom. The summed E-state index contributed by atoms with van der Waals surface area (Å²) < 4.78 is 1.50. The molecule has 3 aliphatic carbocycles. The van der Waals surface area contributed by atoms with E-state index in [1.165, 1.54) is 29.4 Å². The molecule has 6 nitrogen and oxygen atoms in total. The molecule has 4 N–H and O–H groups in total. The first-order valence-corrected chi connectivity index (χ1v) is 8.31. The maximum Gasteiger partial charge on any atom is 0.354 e. The van der Waals surface area contributed by atoms with Crippen molar-refractivity contribution in [3.8, 4) is 5.69 Å². The minimum Gasteiger partial charge on any atom is -0.383 e. The first-order chi connectivity index (χ1) is 11.5. The molecule has 0 amide bonds. The molecule has 3 fully saturated rings. The highest BCUT2D eigenvalue weighted by Crippen LogP contribution is 2.69. The fourth-order valence-corrected chi connectivity index (χ4v) is 4.38. The Labute approximate surface area is 141 Å². The number of anilines is 1. The van der Waals surface area contributed by atoms with E-state index >= 15 is 0 Å². The number of hydrogen-bond donors (Lipinski definition) is 2. The van der Waals surface area contributed by atoms with Crippen LogP contribution in [0.4, 0.5) is 5.82 Å². The summed E-state index contributed by atoms with van der Waals surface area (Å²) in [6, 6.07) is 9.66. The zero-order chi connectivity index (χ0) is 16.9. The number of nitrogen functional groups attached to an aromatic ring is 1. The second-order valence-electron chi connectivity index (χ2n) is 7.49. The van der Waals surface area contributed by atoms with E-state index in [-0.39, 0.29) is 11.5 Å². The zero-order valence-electron chi connectivity index (χ0n) is 13.9. The molecule has 6 heteroatoms. The number of hydrogen-bond acceptors (Lipinski definition) is 5. The molecule has 0 saturated heterocycles. The van der Waals surface area contributed by atoms with Crippen LogP contribution in [-0.4, -0.2) is 33.6 Å². The Morgan fingerprint density at radius 1 is 1.21 bits per heavy atom. The molecule has 0 unspecified atom stereocenters. The number of rotatable bonds is 5. The summed E-state index contributed by atoms with van der Waals surface area (Å²) in [4.78, 5) is 18.1. The second kappa shape index (κ2) is 5.16. The molecule has 3 aliphatic rings. The first-order valence-electron chi connectivity index (χ1n) is 8.31. The fraction of sp³-hybridized carbons (Fsp3) is 0.444. The van der Waals surface area contributed by atoms with E-state index in [9.17, 15) is 4.79 Å². The summed E-state index contributed by atoms with van der Waals surface area (Å²) in [5.41, 5.74) is 13.9. The third-order valence-electron chi connectivity index (χ3n) is 5.81. The van der Waals surface area contributed by atoms with Gasteiger partial charge >= 0.3 is 5.69 Å². The molecule has 0 atom stereocenters. The van der Waals surface area contributed by atoms with Crippen molar-refractivity contribution < 1.29 is 0 Å². The van der Waals surface area contributed by atoms with Gasteiger partial charge in [-0.3, -0.25) is 9.47 Å². The summed E-state index contributed by atoms with van der Waals surface area (Å²) in [7, 11) is 2.20. The molecule has 1 aromatic heterocycles. The van der Waals surface area contributed by atoms with Crippen molar-refractivity contribution in [2.24, 2.45) is 11.1 Å². The first kappa shape index (κ1) is 15.4. The van der Waals surface area contributed by atoms with Crippen LogP contribution in [0.25, 0.3) is 5.69 Å². The number of nitrogens with two attached hydrogens (primary N) is 2. The lowest BCUT2D eigenvalue weighted by atomic mass is 9.39. The van der Waals surface area contributed by atoms with Gasteiger partial charge in [-0.05, 0) is 62.0 Å². The van der Waals surface area contributed by atoms with Gasteiger partial charge in [0, 0.05) is 18.3 Å². The van der Waals surface area contributed by atoms with Crippen LogP contribution >= 0.6 is 0 Å². The molecule has 3 saturated carbocycles. The standard InChI is InChI=1S/C18H23N5O/c1-22(18-9-17(10-18,11-18)12-19)8-13-2-4-14(5-3-13)23-7-6-15(20)21-16(23)24/h2-7H,8-12,19H2,1H3,(H2,20,21,24). The van der Waals surface area contributed by atoms with E-state index < -0.39 is 0 Å². The Hall–Kier alpha value is -2.18. The highest BCUT2D eigenvalue weighted by molar-refractivity contribution is 5.36. The topological polar surface area (TPSA) is 90.2 Å². The van der Waals surface area contributed by atoms with Crippen LogP contribution in [0.1, 0.15) is 24.8 Å². The molecule has 126 valence electrons. The molecule has 0 spiro atoms. The van der Waals surface area contributed by atoms with Gasteiger partial charge < -0.3 is 11.5 Å². The highest BCUT2D eigenvalue weighted by atomic mass is 16.1. The predicted octanol–water partition coefficient (Wildman–Crippen LogP) is 1.13. The van der Waals surface area contributed by atoms with Crippen LogP contribution in [0.3, 0.4) is 0 Å². The Balaban J connectivity index is 1.46. The molecule has 24 heavy (non-hydrogen) atoms. The summed E-state index contributed by atoms with van der Waals surface area (Å²) in [5, 5.41) is 0. The van der Waals surface area contributed by atoms with Crippen LogP contribution in [0.15, 0.2) is 41.3 Å². The second-order valence-corrected chi connectivity index (χ2v) is 7.49. The van der Waals surface area contributed by atoms with Crippen molar-refractivity contribution in [3.05, 3.63) is 52.6 Å². The van der Waals surface area contributed by atoms with Crippen molar-refractivity contribution in [1.82, 2.24) is 14.5 Å². The molecular formula is C18H23N5O. The summed E-state index contributed by atoms with van der Waals surface area (Å²) in [6.45, 7) is 1.73. The van der Waals surface area contributed by atoms with Gasteiger partial charge in [-0.1, -0.05) is 12.1 Å². The summed E-state index contributed by atoms with van der Waals surface area (Å²) in [6.07, 6.45) is 5.35. The lowest BCUT2D eigenvalue weighted by Gasteiger charge is -2.73. The SMILES string of the molecule is CN(Cc1ccc(-n2ccc(N)nc2=O)cc1)C12CC(CN)(C1)C2. The molecule has 1 heterocycles. The van der Waals surface area contributed by atoms with Gasteiger partial charge in [0.05, 0.1) is 5.69 Å². The fourth-order valence-electron chi connectivity index (χ4n) is 4.38. The van der Waals surface area contributed by atoms with Crippen LogP contribution in [-0.2, 0) is 6.54 Å². The van der Waals surface area contributed by atoms with Crippen molar-refractivity contribution in [2.45, 2.75) is 31.3 Å². The van der Waals surface area contributed by atoms with Crippen LogP contribution in [0.5, 0.6) is 0 Å². The van der Waals surface area contributed by atoms with Crippen molar-refractivity contribution in [3.63, 3.8) is 0 Å². The van der Waals surface area contributed by atoms with Crippen LogP contribution < -0.4 is 17.2 Å². The maximum absolute atomic E-state index is 11.9. The van der Waals surface area contributed by atoms with E-state index in [0.717, 1.165) is 18.8 Å². The number of benzene rings is 1. The molecular weight excluding hydrogens is 302 g/mol. The molecule has 2 bridgehead atoms. The van der Waals surface area contributed by atoms with Crippen molar-refractivity contribution in [1.29, 1.82) is 0 Å². The Bertz CT molecular complexity index is 806. The van der Waals surface area contributed by atoms with Gasteiger partial charge in [-0.15, -0.1) is 0 Å². The minimum absolute atomic E-state index is 0.239. The van der Waals surface area contributed by atoms with E-state index in [4.69, 9.17) is 11.5 Å². The normalized spacial score (nSPS) is 27.6. The third kappa shape index (κ3) is 2.25. The van der Waals surface area contributed by atoms with Gasteiger partial charge in [0.2, 0.25) is 0 Å². The van der Waals surface area contributed by atoms with Gasteiger partial charge in [-0.2, -0.15) is 4.98 Å². The largest absolute Gasteiger partial charge is 0.383 e. The Kier molecular flexibility index (Phi) is 3.30. The lowest BCUT2D eigenvalue weighted by molar-refractivity contribution is -0.209. The van der Waals surface area contributed by atoms with Gasteiger partial charge in [-0.25, -0.2) is 4.79 Å². The van der Waals surface area contributed by atoms with E-state index in [1.807, 2.05) is 12.1 Å². The van der Waals surface area contributed by atoms with Crippen LogP contribution in [0.2, 0.25) is 0 Å². The highest BCUT2D eigenvalue weighted by Gasteiger charge is 2.68. The number of nitrogens with zero attached hydrogens (tertiary/aromatic N) is 3. The minimum atomic E-state index is -0.360. The van der Waals surface area contributed by atoms with Gasteiger partial charge in [0.25, 0.3) is 0 Å². The van der Waals surface area contributed by atoms with Crippen molar-refractivity contribution in [2.75, 3.05) is 19.3 Å². The summed E-state index contributed by atoms with van der Waals surface area (Å²) >= 11 is 0. The Morgan fingerprint density at radius 3 is 2.46 bits per heavy atom. The smallest absolute Gasteiger partial charge is 0.354 e. The van der Waals surface area contributed by atoms with Gasteiger partial charge in [0.1, 0.15) is 5.82 Å². The average molecular weight is 325 g/mol. The molecule has 0 radical (unpaired) electrons. The van der Waals surface area contributed by atoms with E-state index in [0.29, 0.717) is 11.0 Å². The maximum atomic E-state index is 11.9. The van der Waals surface area contributed by atoms with Crippen molar-refractivity contribution >= 4 is 5.82 Å². The molecule has 0 aliphatic heterocycles.